The summed E-state index contributed by atoms with van der Waals surface area (Å²) >= 11 is 6.19. The Morgan fingerprint density at radius 3 is 2.52 bits per heavy atom. The van der Waals surface area contributed by atoms with E-state index in [1.54, 1.807) is 25.3 Å². The topological polar surface area (TPSA) is 56.5 Å². The van der Waals surface area contributed by atoms with Crippen LogP contribution in [-0.4, -0.2) is 13.2 Å². The standard InChI is InChI=1S/C16H19ClN2O2/c1-10(2)21-14-7-11(18)6-12(8-14)19-16-9-13(20-3)4-5-15(16)17/h4-10,19H,18H2,1-3H3. The smallest absolute Gasteiger partial charge is 0.123 e. The molecule has 0 saturated heterocycles. The highest BCUT2D eigenvalue weighted by Gasteiger charge is 2.06. The van der Waals surface area contributed by atoms with Crippen LogP contribution in [0.2, 0.25) is 5.02 Å². The first-order valence-electron chi connectivity index (χ1n) is 6.65. The zero-order valence-electron chi connectivity index (χ0n) is 12.3. The summed E-state index contributed by atoms with van der Waals surface area (Å²) in [6, 6.07) is 10.9. The number of ether oxygens (including phenoxy) is 2. The monoisotopic (exact) mass is 306 g/mol. The van der Waals surface area contributed by atoms with Crippen molar-refractivity contribution in [1.29, 1.82) is 0 Å². The Bertz CT molecular complexity index is 630. The minimum absolute atomic E-state index is 0.0834. The molecule has 0 aliphatic heterocycles. The second-order valence-corrected chi connectivity index (χ2v) is 5.34. The minimum Gasteiger partial charge on any atom is -0.497 e. The van der Waals surface area contributed by atoms with Crippen LogP contribution in [0.5, 0.6) is 11.5 Å². The van der Waals surface area contributed by atoms with Crippen LogP contribution < -0.4 is 20.5 Å². The average molecular weight is 307 g/mol. The number of nitrogens with two attached hydrogens (primary N) is 1. The molecule has 0 spiro atoms. The van der Waals surface area contributed by atoms with Crippen LogP contribution in [0.3, 0.4) is 0 Å². The molecule has 3 N–H and O–H groups in total. The highest BCUT2D eigenvalue weighted by atomic mass is 35.5. The number of halogens is 1. The quantitative estimate of drug-likeness (QED) is 0.801. The van der Waals surface area contributed by atoms with E-state index in [9.17, 15) is 0 Å². The molecule has 5 heteroatoms. The molecule has 0 atom stereocenters. The molecule has 0 bridgehead atoms. The number of nitrogens with one attached hydrogen (secondary N) is 1. The summed E-state index contributed by atoms with van der Waals surface area (Å²) < 4.78 is 10.9. The van der Waals surface area contributed by atoms with E-state index in [1.165, 1.54) is 0 Å². The second kappa shape index (κ2) is 6.59. The van der Waals surface area contributed by atoms with Crippen molar-refractivity contribution >= 4 is 28.7 Å². The molecular weight excluding hydrogens is 288 g/mol. The van der Waals surface area contributed by atoms with Gasteiger partial charge in [0.05, 0.1) is 23.9 Å². The molecule has 0 aliphatic rings. The maximum absolute atomic E-state index is 6.19. The number of hydrogen-bond donors (Lipinski definition) is 2. The average Bonchev–Trinajstić information content (AvgIpc) is 2.39. The van der Waals surface area contributed by atoms with Gasteiger partial charge in [-0.05, 0) is 32.0 Å². The molecule has 0 amide bonds. The summed E-state index contributed by atoms with van der Waals surface area (Å²) in [6.45, 7) is 3.93. The Balaban J connectivity index is 2.28. The lowest BCUT2D eigenvalue weighted by Crippen LogP contribution is -2.06. The predicted molar refractivity (Wildman–Crippen MR) is 87.9 cm³/mol. The first kappa shape index (κ1) is 15.3. The van der Waals surface area contributed by atoms with Crippen molar-refractivity contribution in [3.05, 3.63) is 41.4 Å². The van der Waals surface area contributed by atoms with Crippen molar-refractivity contribution in [2.75, 3.05) is 18.2 Å². The molecular formula is C16H19ClN2O2. The number of benzene rings is 2. The van der Waals surface area contributed by atoms with E-state index < -0.39 is 0 Å². The van der Waals surface area contributed by atoms with Gasteiger partial charge in [0.1, 0.15) is 11.5 Å². The Kier molecular flexibility index (Phi) is 4.81. The van der Waals surface area contributed by atoms with Gasteiger partial charge in [0.2, 0.25) is 0 Å². The molecule has 0 fully saturated rings. The van der Waals surface area contributed by atoms with E-state index in [0.29, 0.717) is 16.5 Å². The van der Waals surface area contributed by atoms with E-state index in [0.717, 1.165) is 17.1 Å². The molecule has 2 aromatic rings. The Labute approximate surface area is 129 Å². The fraction of sp³-hybridized carbons (Fsp3) is 0.250. The second-order valence-electron chi connectivity index (χ2n) is 4.93. The van der Waals surface area contributed by atoms with Gasteiger partial charge in [-0.25, -0.2) is 0 Å². The van der Waals surface area contributed by atoms with Gasteiger partial charge in [0.25, 0.3) is 0 Å². The molecule has 0 heterocycles. The van der Waals surface area contributed by atoms with E-state index in [1.807, 2.05) is 32.0 Å². The summed E-state index contributed by atoms with van der Waals surface area (Å²) in [5.41, 5.74) is 8.08. The van der Waals surface area contributed by atoms with Gasteiger partial charge in [0, 0.05) is 29.6 Å². The molecule has 0 unspecified atom stereocenters. The van der Waals surface area contributed by atoms with Gasteiger partial charge in [0.15, 0.2) is 0 Å². The molecule has 21 heavy (non-hydrogen) atoms. The van der Waals surface area contributed by atoms with E-state index in [2.05, 4.69) is 5.32 Å². The third kappa shape index (κ3) is 4.20. The summed E-state index contributed by atoms with van der Waals surface area (Å²) in [6.07, 6.45) is 0.0834. The fourth-order valence-electron chi connectivity index (χ4n) is 1.92. The highest BCUT2D eigenvalue weighted by molar-refractivity contribution is 6.33. The molecule has 2 rings (SSSR count). The van der Waals surface area contributed by atoms with E-state index in [-0.39, 0.29) is 6.10 Å². The molecule has 0 aliphatic carbocycles. The minimum atomic E-state index is 0.0834. The summed E-state index contributed by atoms with van der Waals surface area (Å²) in [5.74, 6) is 1.44. The van der Waals surface area contributed by atoms with Gasteiger partial charge in [-0.1, -0.05) is 11.6 Å². The van der Waals surface area contributed by atoms with Crippen LogP contribution in [0.15, 0.2) is 36.4 Å². The van der Waals surface area contributed by atoms with Crippen molar-refractivity contribution in [1.82, 2.24) is 0 Å². The fourth-order valence-corrected chi connectivity index (χ4v) is 2.08. The van der Waals surface area contributed by atoms with Crippen molar-refractivity contribution in [3.8, 4) is 11.5 Å². The van der Waals surface area contributed by atoms with Crippen LogP contribution in [0.4, 0.5) is 17.1 Å². The van der Waals surface area contributed by atoms with Gasteiger partial charge in [-0.3, -0.25) is 0 Å². The first-order valence-corrected chi connectivity index (χ1v) is 7.03. The Morgan fingerprint density at radius 2 is 1.86 bits per heavy atom. The Hall–Kier alpha value is -2.07. The van der Waals surface area contributed by atoms with Crippen LogP contribution in [0, 0.1) is 0 Å². The molecule has 0 aromatic heterocycles. The number of rotatable bonds is 5. The number of hydrogen-bond acceptors (Lipinski definition) is 4. The van der Waals surface area contributed by atoms with Gasteiger partial charge < -0.3 is 20.5 Å². The molecule has 0 radical (unpaired) electrons. The molecule has 112 valence electrons. The maximum atomic E-state index is 6.19. The molecule has 0 saturated carbocycles. The number of nitrogen functional groups attached to an aromatic ring is 1. The molecule has 4 nitrogen and oxygen atoms in total. The van der Waals surface area contributed by atoms with Crippen LogP contribution in [0.25, 0.3) is 0 Å². The summed E-state index contributed by atoms with van der Waals surface area (Å²) in [5, 5.41) is 3.83. The third-order valence-corrected chi connectivity index (χ3v) is 3.08. The number of methoxy groups -OCH3 is 1. The van der Waals surface area contributed by atoms with E-state index in [4.69, 9.17) is 26.8 Å². The lowest BCUT2D eigenvalue weighted by atomic mass is 10.2. The third-order valence-electron chi connectivity index (χ3n) is 2.75. The van der Waals surface area contributed by atoms with Crippen molar-refractivity contribution in [2.45, 2.75) is 20.0 Å². The van der Waals surface area contributed by atoms with Crippen molar-refractivity contribution in [2.24, 2.45) is 0 Å². The van der Waals surface area contributed by atoms with Crippen LogP contribution >= 0.6 is 11.6 Å². The first-order chi connectivity index (χ1) is 9.97. The zero-order valence-corrected chi connectivity index (χ0v) is 13.1. The Morgan fingerprint density at radius 1 is 1.10 bits per heavy atom. The van der Waals surface area contributed by atoms with Crippen LogP contribution in [0.1, 0.15) is 13.8 Å². The normalized spacial score (nSPS) is 10.5. The van der Waals surface area contributed by atoms with E-state index >= 15 is 0 Å². The lowest BCUT2D eigenvalue weighted by Gasteiger charge is -2.14. The maximum Gasteiger partial charge on any atom is 0.123 e. The lowest BCUT2D eigenvalue weighted by molar-refractivity contribution is 0.242. The number of anilines is 3. The van der Waals surface area contributed by atoms with Gasteiger partial charge in [-0.15, -0.1) is 0 Å². The largest absolute Gasteiger partial charge is 0.497 e. The van der Waals surface area contributed by atoms with Gasteiger partial charge >= 0.3 is 0 Å². The van der Waals surface area contributed by atoms with Crippen molar-refractivity contribution in [3.63, 3.8) is 0 Å². The summed E-state index contributed by atoms with van der Waals surface area (Å²) in [7, 11) is 1.61. The van der Waals surface area contributed by atoms with Crippen molar-refractivity contribution < 1.29 is 9.47 Å². The summed E-state index contributed by atoms with van der Waals surface area (Å²) in [4.78, 5) is 0. The predicted octanol–water partition coefficient (Wildman–Crippen LogP) is 4.46. The zero-order chi connectivity index (χ0) is 15.4. The molecule has 2 aromatic carbocycles. The SMILES string of the molecule is COc1ccc(Cl)c(Nc2cc(N)cc(OC(C)C)c2)c1. The van der Waals surface area contributed by atoms with Gasteiger partial charge in [-0.2, -0.15) is 0 Å². The van der Waals surface area contributed by atoms with Crippen LogP contribution in [-0.2, 0) is 0 Å². The highest BCUT2D eigenvalue weighted by Crippen LogP contribution is 2.32.